The molecular formula is C13H22N4O. The van der Waals surface area contributed by atoms with E-state index < -0.39 is 0 Å². The van der Waals surface area contributed by atoms with Crippen LogP contribution in [-0.2, 0) is 0 Å². The van der Waals surface area contributed by atoms with E-state index in [0.29, 0.717) is 18.4 Å². The Kier molecular flexibility index (Phi) is 4.36. The summed E-state index contributed by atoms with van der Waals surface area (Å²) in [6, 6.07) is 1.88. The molecule has 0 atom stereocenters. The number of aromatic nitrogens is 2. The van der Waals surface area contributed by atoms with E-state index in [1.54, 1.807) is 0 Å². The van der Waals surface area contributed by atoms with Gasteiger partial charge in [0.25, 0.3) is 0 Å². The number of hydrogen-bond donors (Lipinski definition) is 1. The first-order valence-electron chi connectivity index (χ1n) is 6.59. The molecule has 0 unspecified atom stereocenters. The third-order valence-corrected chi connectivity index (χ3v) is 2.81. The van der Waals surface area contributed by atoms with Gasteiger partial charge < -0.3 is 15.0 Å². The first-order valence-corrected chi connectivity index (χ1v) is 6.59. The molecule has 18 heavy (non-hydrogen) atoms. The second-order valence-electron chi connectivity index (χ2n) is 4.91. The molecule has 0 aromatic carbocycles. The molecule has 0 spiro atoms. The second-order valence-corrected chi connectivity index (χ2v) is 4.91. The summed E-state index contributed by atoms with van der Waals surface area (Å²) in [6.07, 6.45) is 2.40. The minimum absolute atomic E-state index is 0.541. The summed E-state index contributed by atoms with van der Waals surface area (Å²) >= 11 is 0. The zero-order valence-electron chi connectivity index (χ0n) is 11.4. The Morgan fingerprint density at radius 1 is 1.39 bits per heavy atom. The minimum Gasteiger partial charge on any atom is -0.476 e. The van der Waals surface area contributed by atoms with Crippen LogP contribution in [0.3, 0.4) is 0 Å². The highest BCUT2D eigenvalue weighted by molar-refractivity contribution is 5.39. The van der Waals surface area contributed by atoms with Crippen LogP contribution in [0.2, 0.25) is 0 Å². The summed E-state index contributed by atoms with van der Waals surface area (Å²) in [4.78, 5) is 11.1. The number of likely N-dealkylation sites (N-methyl/N-ethyl adjacent to an activating group) is 1. The van der Waals surface area contributed by atoms with Gasteiger partial charge >= 0.3 is 0 Å². The Balaban J connectivity index is 2.02. The van der Waals surface area contributed by atoms with Crippen LogP contribution in [0, 0.1) is 0 Å². The smallest absolute Gasteiger partial charge is 0.218 e. The largest absolute Gasteiger partial charge is 0.476 e. The maximum absolute atomic E-state index is 5.69. The van der Waals surface area contributed by atoms with Gasteiger partial charge in [0.2, 0.25) is 5.88 Å². The molecule has 1 fully saturated rings. The van der Waals surface area contributed by atoms with Crippen molar-refractivity contribution in [1.29, 1.82) is 0 Å². The van der Waals surface area contributed by atoms with Gasteiger partial charge in [-0.15, -0.1) is 0 Å². The topological polar surface area (TPSA) is 50.3 Å². The first kappa shape index (κ1) is 13.1. The fraction of sp³-hybridized carbons (Fsp3) is 0.692. The maximum atomic E-state index is 5.69. The molecule has 1 aliphatic rings. The predicted molar refractivity (Wildman–Crippen MR) is 72.2 cm³/mol. The molecule has 0 radical (unpaired) electrons. The number of ether oxygens (including phenoxy) is 1. The SMILES string of the molecule is CCNc1cc(OCCN(C)C)nc(C2CC2)n1. The van der Waals surface area contributed by atoms with Crippen molar-refractivity contribution in [2.75, 3.05) is 39.1 Å². The lowest BCUT2D eigenvalue weighted by Gasteiger charge is -2.12. The standard InChI is InChI=1S/C13H22N4O/c1-4-14-11-9-12(18-8-7-17(2)3)16-13(15-11)10-5-6-10/h9-10H,4-8H2,1-3H3,(H,14,15,16). The number of rotatable bonds is 7. The summed E-state index contributed by atoms with van der Waals surface area (Å²) in [5, 5.41) is 3.23. The van der Waals surface area contributed by atoms with Crippen LogP contribution in [0.25, 0.3) is 0 Å². The molecular weight excluding hydrogens is 228 g/mol. The van der Waals surface area contributed by atoms with Crippen LogP contribution in [0.1, 0.15) is 31.5 Å². The van der Waals surface area contributed by atoms with Gasteiger partial charge in [-0.2, -0.15) is 4.98 Å². The molecule has 5 heteroatoms. The van der Waals surface area contributed by atoms with Crippen molar-refractivity contribution in [3.8, 4) is 5.88 Å². The van der Waals surface area contributed by atoms with Gasteiger partial charge in [0, 0.05) is 25.1 Å². The molecule has 5 nitrogen and oxygen atoms in total. The highest BCUT2D eigenvalue weighted by atomic mass is 16.5. The van der Waals surface area contributed by atoms with Crippen molar-refractivity contribution in [2.45, 2.75) is 25.7 Å². The van der Waals surface area contributed by atoms with Gasteiger partial charge in [-0.1, -0.05) is 0 Å². The molecule has 0 saturated heterocycles. The lowest BCUT2D eigenvalue weighted by molar-refractivity contribution is 0.253. The quantitative estimate of drug-likeness (QED) is 0.798. The molecule has 0 amide bonds. The highest BCUT2D eigenvalue weighted by Gasteiger charge is 2.27. The number of anilines is 1. The van der Waals surface area contributed by atoms with Crippen molar-refractivity contribution < 1.29 is 4.74 Å². The van der Waals surface area contributed by atoms with Crippen molar-refractivity contribution in [3.05, 3.63) is 11.9 Å². The molecule has 0 bridgehead atoms. The molecule has 1 aromatic rings. The number of nitrogens with zero attached hydrogens (tertiary/aromatic N) is 3. The average Bonchev–Trinajstić information content (AvgIpc) is 3.12. The van der Waals surface area contributed by atoms with E-state index >= 15 is 0 Å². The van der Waals surface area contributed by atoms with Gasteiger partial charge in [0.15, 0.2) is 0 Å². The van der Waals surface area contributed by atoms with Crippen molar-refractivity contribution in [2.24, 2.45) is 0 Å². The van der Waals surface area contributed by atoms with Crippen LogP contribution in [0.15, 0.2) is 6.07 Å². The lowest BCUT2D eigenvalue weighted by Crippen LogP contribution is -2.20. The van der Waals surface area contributed by atoms with E-state index in [9.17, 15) is 0 Å². The average molecular weight is 250 g/mol. The van der Waals surface area contributed by atoms with Gasteiger partial charge in [-0.3, -0.25) is 0 Å². The van der Waals surface area contributed by atoms with Crippen molar-refractivity contribution in [1.82, 2.24) is 14.9 Å². The van der Waals surface area contributed by atoms with Gasteiger partial charge in [-0.05, 0) is 33.9 Å². The summed E-state index contributed by atoms with van der Waals surface area (Å²) in [5.74, 6) is 3.02. The van der Waals surface area contributed by atoms with E-state index in [-0.39, 0.29) is 0 Å². The molecule has 1 N–H and O–H groups in total. The molecule has 2 rings (SSSR count). The lowest BCUT2D eigenvalue weighted by atomic mass is 10.4. The normalized spacial score (nSPS) is 14.9. The summed E-state index contributed by atoms with van der Waals surface area (Å²) in [6.45, 7) is 4.46. The monoisotopic (exact) mass is 250 g/mol. The van der Waals surface area contributed by atoms with Crippen LogP contribution >= 0.6 is 0 Å². The van der Waals surface area contributed by atoms with Crippen molar-refractivity contribution >= 4 is 5.82 Å². The van der Waals surface area contributed by atoms with Gasteiger partial charge in [0.1, 0.15) is 18.2 Å². The zero-order chi connectivity index (χ0) is 13.0. The van der Waals surface area contributed by atoms with Gasteiger partial charge in [0.05, 0.1) is 0 Å². The highest BCUT2D eigenvalue weighted by Crippen LogP contribution is 2.39. The second kappa shape index (κ2) is 6.00. The fourth-order valence-electron chi connectivity index (χ4n) is 1.65. The Bertz CT molecular complexity index is 391. The Morgan fingerprint density at radius 2 is 2.17 bits per heavy atom. The summed E-state index contributed by atoms with van der Waals surface area (Å²) in [7, 11) is 4.06. The first-order chi connectivity index (χ1) is 8.69. The maximum Gasteiger partial charge on any atom is 0.218 e. The van der Waals surface area contributed by atoms with Crippen molar-refractivity contribution in [3.63, 3.8) is 0 Å². The third kappa shape index (κ3) is 3.84. The van der Waals surface area contributed by atoms with E-state index in [1.165, 1.54) is 12.8 Å². The molecule has 0 aliphatic heterocycles. The van der Waals surface area contributed by atoms with E-state index in [0.717, 1.165) is 24.7 Å². The predicted octanol–water partition coefficient (Wildman–Crippen LogP) is 1.73. The fourth-order valence-corrected chi connectivity index (χ4v) is 1.65. The molecule has 1 heterocycles. The van der Waals surface area contributed by atoms with Crippen LogP contribution in [0.4, 0.5) is 5.82 Å². The van der Waals surface area contributed by atoms with Crippen LogP contribution in [0.5, 0.6) is 5.88 Å². The minimum atomic E-state index is 0.541. The van der Waals surface area contributed by atoms with E-state index in [4.69, 9.17) is 4.74 Å². The number of nitrogens with one attached hydrogen (secondary N) is 1. The number of hydrogen-bond acceptors (Lipinski definition) is 5. The molecule has 100 valence electrons. The molecule has 1 aliphatic carbocycles. The Labute approximate surface area is 109 Å². The van der Waals surface area contributed by atoms with E-state index in [2.05, 4.69) is 27.1 Å². The summed E-state index contributed by atoms with van der Waals surface area (Å²) in [5.41, 5.74) is 0. The Morgan fingerprint density at radius 3 is 2.78 bits per heavy atom. The molecule has 1 saturated carbocycles. The Hall–Kier alpha value is -1.36. The zero-order valence-corrected chi connectivity index (χ0v) is 11.4. The van der Waals surface area contributed by atoms with Gasteiger partial charge in [-0.25, -0.2) is 4.98 Å². The van der Waals surface area contributed by atoms with Crippen LogP contribution in [-0.4, -0.2) is 48.7 Å². The van der Waals surface area contributed by atoms with Crippen LogP contribution < -0.4 is 10.1 Å². The molecule has 1 aromatic heterocycles. The van der Waals surface area contributed by atoms with E-state index in [1.807, 2.05) is 20.2 Å². The third-order valence-electron chi connectivity index (χ3n) is 2.81. The summed E-state index contributed by atoms with van der Waals surface area (Å²) < 4.78 is 5.69.